The van der Waals surface area contributed by atoms with E-state index in [9.17, 15) is 4.79 Å². The van der Waals surface area contributed by atoms with Gasteiger partial charge in [-0.25, -0.2) is 4.79 Å². The molecule has 1 heterocycles. The topological polar surface area (TPSA) is 32.3 Å². The summed E-state index contributed by atoms with van der Waals surface area (Å²) in [7, 11) is 0. The fourth-order valence-electron chi connectivity index (χ4n) is 1.08. The maximum absolute atomic E-state index is 11.0. The van der Waals surface area contributed by atoms with Gasteiger partial charge in [0.15, 0.2) is 0 Å². The van der Waals surface area contributed by atoms with Crippen LogP contribution in [0.2, 0.25) is 0 Å². The number of hydrogen-bond acceptors (Lipinski definition) is 1. The molecule has 1 aliphatic rings. The molecule has 3 nitrogen and oxygen atoms in total. The van der Waals surface area contributed by atoms with E-state index in [0.29, 0.717) is 0 Å². The second-order valence-electron chi connectivity index (χ2n) is 2.43. The quantitative estimate of drug-likeness (QED) is 0.601. The average molecular weight is 141 g/mol. The number of rotatable bonds is 2. The van der Waals surface area contributed by atoms with Crippen LogP contribution >= 0.6 is 0 Å². The summed E-state index contributed by atoms with van der Waals surface area (Å²) in [6.45, 7) is 6.19. The van der Waals surface area contributed by atoms with Gasteiger partial charge in [-0.3, -0.25) is 0 Å². The molecule has 0 aliphatic carbocycles. The summed E-state index contributed by atoms with van der Waals surface area (Å²) in [4.78, 5) is 12.8. The Kier molecular flexibility index (Phi) is 2.54. The zero-order valence-corrected chi connectivity index (χ0v) is 6.10. The number of amides is 2. The minimum absolute atomic E-state index is 0.0647. The van der Waals surface area contributed by atoms with Gasteiger partial charge in [-0.2, -0.15) is 0 Å². The summed E-state index contributed by atoms with van der Waals surface area (Å²) < 4.78 is 0. The molecule has 1 saturated heterocycles. The highest BCUT2D eigenvalue weighted by Crippen LogP contribution is 1.98. The van der Waals surface area contributed by atoms with Gasteiger partial charge in [0.1, 0.15) is 0 Å². The van der Waals surface area contributed by atoms with Crippen LogP contribution in [0, 0.1) is 6.92 Å². The third-order valence-corrected chi connectivity index (χ3v) is 1.60. The highest BCUT2D eigenvalue weighted by molar-refractivity contribution is 5.74. The molecule has 0 spiro atoms. The molecule has 57 valence electrons. The van der Waals surface area contributed by atoms with E-state index in [4.69, 9.17) is 0 Å². The number of carbonyl (C=O) groups is 1. The molecule has 0 aromatic carbocycles. The van der Waals surface area contributed by atoms with Gasteiger partial charge in [0.2, 0.25) is 0 Å². The van der Waals surface area contributed by atoms with Crippen molar-refractivity contribution in [3.05, 3.63) is 6.92 Å². The first-order valence-corrected chi connectivity index (χ1v) is 3.66. The summed E-state index contributed by atoms with van der Waals surface area (Å²) >= 11 is 0. The molecule has 0 aromatic heterocycles. The Morgan fingerprint density at radius 3 is 3.10 bits per heavy atom. The van der Waals surface area contributed by atoms with Crippen LogP contribution < -0.4 is 5.32 Å². The van der Waals surface area contributed by atoms with E-state index in [2.05, 4.69) is 12.2 Å². The van der Waals surface area contributed by atoms with E-state index >= 15 is 0 Å². The summed E-state index contributed by atoms with van der Waals surface area (Å²) in [5.41, 5.74) is 0. The van der Waals surface area contributed by atoms with E-state index in [1.165, 1.54) is 0 Å². The van der Waals surface area contributed by atoms with Crippen LogP contribution in [0.1, 0.15) is 12.8 Å². The molecule has 1 rings (SSSR count). The zero-order chi connectivity index (χ0) is 7.40. The number of hydrogen-bond donors (Lipinski definition) is 1. The molecule has 0 unspecified atom stereocenters. The smallest absolute Gasteiger partial charge is 0.317 e. The van der Waals surface area contributed by atoms with Gasteiger partial charge in [-0.1, -0.05) is 6.92 Å². The first-order chi connectivity index (χ1) is 4.84. The molecule has 1 radical (unpaired) electrons. The molecule has 3 heteroatoms. The molecule has 0 saturated carbocycles. The molecule has 2 amide bonds. The first-order valence-electron chi connectivity index (χ1n) is 3.66. The van der Waals surface area contributed by atoms with Crippen molar-refractivity contribution in [3.63, 3.8) is 0 Å². The molecule has 0 atom stereocenters. The number of carbonyl (C=O) groups excluding carboxylic acids is 1. The number of urea groups is 1. The predicted octanol–water partition coefficient (Wildman–Crippen LogP) is 0.626. The summed E-state index contributed by atoms with van der Waals surface area (Å²) in [6, 6.07) is 0.0647. The molecule has 1 aliphatic heterocycles. The fourth-order valence-corrected chi connectivity index (χ4v) is 1.08. The lowest BCUT2D eigenvalue weighted by atomic mass is 10.3. The summed E-state index contributed by atoms with van der Waals surface area (Å²) in [6.07, 6.45) is 1.86. The third kappa shape index (κ3) is 1.62. The van der Waals surface area contributed by atoms with Crippen LogP contribution in [-0.4, -0.2) is 30.6 Å². The van der Waals surface area contributed by atoms with Gasteiger partial charge in [0, 0.05) is 19.6 Å². The maximum atomic E-state index is 11.0. The van der Waals surface area contributed by atoms with Gasteiger partial charge in [-0.05, 0) is 12.8 Å². The van der Waals surface area contributed by atoms with Crippen molar-refractivity contribution in [1.29, 1.82) is 0 Å². The lowest BCUT2D eigenvalue weighted by Crippen LogP contribution is -2.46. The van der Waals surface area contributed by atoms with Crippen LogP contribution in [0.25, 0.3) is 0 Å². The van der Waals surface area contributed by atoms with Gasteiger partial charge < -0.3 is 10.2 Å². The van der Waals surface area contributed by atoms with Gasteiger partial charge in [0.25, 0.3) is 0 Å². The van der Waals surface area contributed by atoms with E-state index in [1.807, 2.05) is 0 Å². The van der Waals surface area contributed by atoms with E-state index in [-0.39, 0.29) is 6.03 Å². The molecule has 1 N–H and O–H groups in total. The Morgan fingerprint density at radius 2 is 2.50 bits per heavy atom. The molecule has 1 fully saturated rings. The minimum Gasteiger partial charge on any atom is -0.338 e. The molecule has 0 aromatic rings. The third-order valence-electron chi connectivity index (χ3n) is 1.60. The van der Waals surface area contributed by atoms with Crippen molar-refractivity contribution in [2.24, 2.45) is 0 Å². The molecular weight excluding hydrogens is 128 g/mol. The predicted molar refractivity (Wildman–Crippen MR) is 39.6 cm³/mol. The SMILES string of the molecule is [CH2]CCN1CCCNC1=O. The lowest BCUT2D eigenvalue weighted by molar-refractivity contribution is 0.187. The Morgan fingerprint density at radius 1 is 1.70 bits per heavy atom. The average Bonchev–Trinajstić information content (AvgIpc) is 1.94. The molecule has 10 heavy (non-hydrogen) atoms. The van der Waals surface area contributed by atoms with Gasteiger partial charge in [-0.15, -0.1) is 0 Å². The number of nitrogens with zero attached hydrogens (tertiary/aromatic N) is 1. The fraction of sp³-hybridized carbons (Fsp3) is 0.714. The Balaban J connectivity index is 2.32. The van der Waals surface area contributed by atoms with Crippen molar-refractivity contribution in [1.82, 2.24) is 10.2 Å². The van der Waals surface area contributed by atoms with Gasteiger partial charge in [0.05, 0.1) is 0 Å². The molecular formula is C7H13N2O. The van der Waals surface area contributed by atoms with Crippen LogP contribution in [0.3, 0.4) is 0 Å². The normalized spacial score (nSPS) is 18.9. The van der Waals surface area contributed by atoms with Crippen LogP contribution in [-0.2, 0) is 0 Å². The van der Waals surface area contributed by atoms with Crippen molar-refractivity contribution >= 4 is 6.03 Å². The Bertz CT molecular complexity index is 123. The highest BCUT2D eigenvalue weighted by Gasteiger charge is 2.15. The monoisotopic (exact) mass is 141 g/mol. The van der Waals surface area contributed by atoms with Crippen molar-refractivity contribution < 1.29 is 4.79 Å². The number of nitrogens with one attached hydrogen (secondary N) is 1. The largest absolute Gasteiger partial charge is 0.338 e. The lowest BCUT2D eigenvalue weighted by Gasteiger charge is -2.26. The summed E-state index contributed by atoms with van der Waals surface area (Å²) in [5.74, 6) is 0. The Labute approximate surface area is 61.4 Å². The van der Waals surface area contributed by atoms with E-state index in [0.717, 1.165) is 32.5 Å². The zero-order valence-electron chi connectivity index (χ0n) is 6.10. The molecule has 0 bridgehead atoms. The summed E-state index contributed by atoms with van der Waals surface area (Å²) in [5, 5.41) is 2.78. The minimum atomic E-state index is 0.0647. The van der Waals surface area contributed by atoms with Crippen molar-refractivity contribution in [3.8, 4) is 0 Å². The van der Waals surface area contributed by atoms with E-state index in [1.54, 1.807) is 4.90 Å². The van der Waals surface area contributed by atoms with Crippen molar-refractivity contribution in [2.45, 2.75) is 12.8 Å². The standard InChI is InChI=1S/C7H13N2O/c1-2-5-9-6-3-4-8-7(9)10/h1-6H2,(H,8,10). The second kappa shape index (κ2) is 3.44. The highest BCUT2D eigenvalue weighted by atomic mass is 16.2. The van der Waals surface area contributed by atoms with Crippen molar-refractivity contribution in [2.75, 3.05) is 19.6 Å². The van der Waals surface area contributed by atoms with Crippen LogP contribution in [0.5, 0.6) is 0 Å². The second-order valence-corrected chi connectivity index (χ2v) is 2.43. The van der Waals surface area contributed by atoms with Crippen LogP contribution in [0.15, 0.2) is 0 Å². The van der Waals surface area contributed by atoms with E-state index < -0.39 is 0 Å². The van der Waals surface area contributed by atoms with Crippen LogP contribution in [0.4, 0.5) is 4.79 Å². The maximum Gasteiger partial charge on any atom is 0.317 e. The Hall–Kier alpha value is -0.730. The van der Waals surface area contributed by atoms with Gasteiger partial charge >= 0.3 is 6.03 Å². The first kappa shape index (κ1) is 7.38.